The highest BCUT2D eigenvalue weighted by Gasteiger charge is 2.11. The number of rotatable bonds is 2. The Morgan fingerprint density at radius 3 is 2.56 bits per heavy atom. The summed E-state index contributed by atoms with van der Waals surface area (Å²) in [6, 6.07) is 11.7. The Bertz CT molecular complexity index is 632. The van der Waals surface area contributed by atoms with Gasteiger partial charge in [-0.3, -0.25) is 0 Å². The molecule has 0 saturated heterocycles. The van der Waals surface area contributed by atoms with Crippen LogP contribution in [0.25, 0.3) is 11.1 Å². The zero-order valence-corrected chi connectivity index (χ0v) is 10.8. The van der Waals surface area contributed by atoms with E-state index in [4.69, 9.17) is 28.5 Å². The molecule has 0 radical (unpaired) electrons. The van der Waals surface area contributed by atoms with Crippen molar-refractivity contribution in [3.63, 3.8) is 0 Å². The molecule has 2 aromatic carbocycles. The van der Waals surface area contributed by atoms with Gasteiger partial charge in [0.15, 0.2) is 0 Å². The molecule has 90 valence electrons. The summed E-state index contributed by atoms with van der Waals surface area (Å²) in [6.45, 7) is 0. The van der Waals surface area contributed by atoms with Crippen LogP contribution in [0.5, 0.6) is 0 Å². The summed E-state index contributed by atoms with van der Waals surface area (Å²) in [5.41, 5.74) is 1.78. The van der Waals surface area contributed by atoms with E-state index in [1.54, 1.807) is 30.3 Å². The fraction of sp³-hybridized carbons (Fsp3) is 0.0714. The molecule has 2 aromatic rings. The summed E-state index contributed by atoms with van der Waals surface area (Å²) in [5, 5.41) is 9.60. The predicted octanol–water partition coefficient (Wildman–Crippen LogP) is 4.87. The molecule has 0 aliphatic rings. The lowest BCUT2D eigenvalue weighted by atomic mass is 9.97. The average Bonchev–Trinajstić information content (AvgIpc) is 2.35. The number of benzene rings is 2. The first-order chi connectivity index (χ1) is 8.63. The second kappa shape index (κ2) is 5.39. The molecule has 1 nitrogen and oxygen atoms in total. The van der Waals surface area contributed by atoms with E-state index < -0.39 is 0 Å². The maximum absolute atomic E-state index is 13.7. The van der Waals surface area contributed by atoms with Crippen LogP contribution in [-0.4, -0.2) is 0 Å². The van der Waals surface area contributed by atoms with Gasteiger partial charge in [0.05, 0.1) is 22.5 Å². The average molecular weight is 280 g/mol. The van der Waals surface area contributed by atoms with Gasteiger partial charge in [-0.25, -0.2) is 4.39 Å². The van der Waals surface area contributed by atoms with Crippen LogP contribution in [0.1, 0.15) is 5.56 Å². The van der Waals surface area contributed by atoms with Crippen molar-refractivity contribution in [2.24, 2.45) is 0 Å². The highest BCUT2D eigenvalue weighted by atomic mass is 35.5. The Kier molecular flexibility index (Phi) is 3.86. The molecule has 0 aliphatic heterocycles. The molecule has 0 aromatic heterocycles. The summed E-state index contributed by atoms with van der Waals surface area (Å²) in [5.74, 6) is -0.389. The summed E-state index contributed by atoms with van der Waals surface area (Å²) in [4.78, 5) is 0. The molecule has 18 heavy (non-hydrogen) atoms. The second-order valence-corrected chi connectivity index (χ2v) is 4.54. The molecule has 0 N–H and O–H groups in total. The third-order valence-electron chi connectivity index (χ3n) is 2.61. The Hall–Kier alpha value is -1.56. The Balaban J connectivity index is 2.60. The summed E-state index contributed by atoms with van der Waals surface area (Å²) in [7, 11) is 0. The summed E-state index contributed by atoms with van der Waals surface area (Å²) < 4.78 is 13.7. The quantitative estimate of drug-likeness (QED) is 0.770. The van der Waals surface area contributed by atoms with Gasteiger partial charge < -0.3 is 0 Å². The van der Waals surface area contributed by atoms with Crippen molar-refractivity contribution in [2.45, 2.75) is 6.42 Å². The SMILES string of the molecule is N#CCc1c(F)cccc1-c1ccc(Cl)c(Cl)c1. The number of hydrogen-bond acceptors (Lipinski definition) is 1. The minimum absolute atomic E-state index is 0.0161. The molecule has 0 heterocycles. The van der Waals surface area contributed by atoms with E-state index in [0.29, 0.717) is 21.2 Å². The minimum atomic E-state index is -0.389. The topological polar surface area (TPSA) is 23.8 Å². The zero-order valence-electron chi connectivity index (χ0n) is 9.25. The van der Waals surface area contributed by atoms with E-state index in [1.165, 1.54) is 6.07 Å². The number of nitriles is 1. The van der Waals surface area contributed by atoms with Crippen molar-refractivity contribution in [3.8, 4) is 17.2 Å². The molecular formula is C14H8Cl2FN. The number of nitrogens with zero attached hydrogens (tertiary/aromatic N) is 1. The van der Waals surface area contributed by atoms with E-state index in [2.05, 4.69) is 0 Å². The van der Waals surface area contributed by atoms with Crippen LogP contribution in [0.15, 0.2) is 36.4 Å². The first kappa shape index (κ1) is 12.9. The summed E-state index contributed by atoms with van der Waals surface area (Å²) >= 11 is 11.8. The first-order valence-electron chi connectivity index (χ1n) is 5.23. The van der Waals surface area contributed by atoms with E-state index in [-0.39, 0.29) is 12.2 Å². The Morgan fingerprint density at radius 2 is 1.89 bits per heavy atom. The maximum Gasteiger partial charge on any atom is 0.128 e. The second-order valence-electron chi connectivity index (χ2n) is 3.73. The van der Waals surface area contributed by atoms with Crippen LogP contribution in [0.3, 0.4) is 0 Å². The molecule has 4 heteroatoms. The normalized spacial score (nSPS) is 10.1. The van der Waals surface area contributed by atoms with Crippen molar-refractivity contribution >= 4 is 23.2 Å². The van der Waals surface area contributed by atoms with Crippen LogP contribution in [0, 0.1) is 17.1 Å². The fourth-order valence-corrected chi connectivity index (χ4v) is 2.05. The predicted molar refractivity (Wildman–Crippen MR) is 71.2 cm³/mol. The van der Waals surface area contributed by atoms with Gasteiger partial charge in [-0.05, 0) is 29.3 Å². The van der Waals surface area contributed by atoms with Crippen LogP contribution >= 0.6 is 23.2 Å². The molecule has 0 aliphatic carbocycles. The van der Waals surface area contributed by atoms with E-state index in [0.717, 1.165) is 5.56 Å². The largest absolute Gasteiger partial charge is 0.207 e. The minimum Gasteiger partial charge on any atom is -0.207 e. The third-order valence-corrected chi connectivity index (χ3v) is 3.34. The van der Waals surface area contributed by atoms with Crippen molar-refractivity contribution < 1.29 is 4.39 Å². The number of halogens is 3. The van der Waals surface area contributed by atoms with E-state index in [9.17, 15) is 4.39 Å². The molecule has 2 rings (SSSR count). The zero-order chi connectivity index (χ0) is 13.1. The maximum atomic E-state index is 13.7. The molecular weight excluding hydrogens is 272 g/mol. The molecule has 0 bridgehead atoms. The molecule has 0 atom stereocenters. The lowest BCUT2D eigenvalue weighted by molar-refractivity contribution is 0.616. The van der Waals surface area contributed by atoms with Crippen LogP contribution in [0.4, 0.5) is 4.39 Å². The van der Waals surface area contributed by atoms with Gasteiger partial charge in [0.1, 0.15) is 5.82 Å². The van der Waals surface area contributed by atoms with Crippen LogP contribution in [-0.2, 0) is 6.42 Å². The Morgan fingerprint density at radius 1 is 1.11 bits per heavy atom. The van der Waals surface area contributed by atoms with Crippen LogP contribution in [0.2, 0.25) is 10.0 Å². The van der Waals surface area contributed by atoms with Gasteiger partial charge in [0.25, 0.3) is 0 Å². The van der Waals surface area contributed by atoms with Gasteiger partial charge in [0.2, 0.25) is 0 Å². The van der Waals surface area contributed by atoms with Gasteiger partial charge in [0, 0.05) is 5.56 Å². The summed E-state index contributed by atoms with van der Waals surface area (Å²) in [6.07, 6.45) is 0.0161. The van der Waals surface area contributed by atoms with Crippen molar-refractivity contribution in [1.82, 2.24) is 0 Å². The van der Waals surface area contributed by atoms with E-state index >= 15 is 0 Å². The third kappa shape index (κ3) is 2.48. The van der Waals surface area contributed by atoms with E-state index in [1.807, 2.05) is 6.07 Å². The van der Waals surface area contributed by atoms with Crippen molar-refractivity contribution in [1.29, 1.82) is 5.26 Å². The van der Waals surface area contributed by atoms with Crippen molar-refractivity contribution in [3.05, 3.63) is 57.8 Å². The highest BCUT2D eigenvalue weighted by Crippen LogP contribution is 2.31. The molecule has 0 unspecified atom stereocenters. The molecule has 0 saturated carbocycles. The standard InChI is InChI=1S/C14H8Cl2FN/c15-12-5-4-9(8-13(12)16)10-2-1-3-14(17)11(10)6-7-18/h1-5,8H,6H2. The number of hydrogen-bond donors (Lipinski definition) is 0. The van der Waals surface area contributed by atoms with Gasteiger partial charge in [-0.15, -0.1) is 0 Å². The molecule has 0 amide bonds. The van der Waals surface area contributed by atoms with Crippen molar-refractivity contribution in [2.75, 3.05) is 0 Å². The van der Waals surface area contributed by atoms with Crippen LogP contribution < -0.4 is 0 Å². The lowest BCUT2D eigenvalue weighted by Crippen LogP contribution is -1.93. The highest BCUT2D eigenvalue weighted by molar-refractivity contribution is 6.42. The van der Waals surface area contributed by atoms with Gasteiger partial charge >= 0.3 is 0 Å². The van der Waals surface area contributed by atoms with Gasteiger partial charge in [-0.2, -0.15) is 5.26 Å². The molecule has 0 fully saturated rings. The molecule has 0 spiro atoms. The first-order valence-corrected chi connectivity index (χ1v) is 5.99. The Labute approximate surface area is 114 Å². The fourth-order valence-electron chi connectivity index (χ4n) is 1.75. The van der Waals surface area contributed by atoms with Gasteiger partial charge in [-0.1, -0.05) is 41.4 Å². The monoisotopic (exact) mass is 279 g/mol. The smallest absolute Gasteiger partial charge is 0.128 e. The lowest BCUT2D eigenvalue weighted by Gasteiger charge is -2.09.